The van der Waals surface area contributed by atoms with Crippen LogP contribution in [-0.2, 0) is 13.5 Å². The number of aromatic nitrogens is 2. The number of para-hydroxylation sites is 1. The Kier molecular flexibility index (Phi) is 4.27. The van der Waals surface area contributed by atoms with Gasteiger partial charge in [0.1, 0.15) is 6.61 Å². The number of amides is 1. The molecule has 2 aromatic carbocycles. The van der Waals surface area contributed by atoms with Gasteiger partial charge >= 0.3 is 0 Å². The summed E-state index contributed by atoms with van der Waals surface area (Å²) in [5.41, 5.74) is 1.81. The fourth-order valence-electron chi connectivity index (χ4n) is 3.27. The van der Waals surface area contributed by atoms with Crippen LogP contribution in [0.5, 0.6) is 11.5 Å². The van der Waals surface area contributed by atoms with Gasteiger partial charge in [-0.25, -0.2) is 4.98 Å². The molecule has 0 spiro atoms. The van der Waals surface area contributed by atoms with E-state index in [9.17, 15) is 9.59 Å². The van der Waals surface area contributed by atoms with Crippen LogP contribution < -0.4 is 20.3 Å². The number of carbonyl (C=O) groups is 1. The Morgan fingerprint density at radius 3 is 3.00 bits per heavy atom. The minimum atomic E-state index is -0.223. The van der Waals surface area contributed by atoms with E-state index in [1.54, 1.807) is 32.4 Å². The molecule has 0 saturated heterocycles. The lowest BCUT2D eigenvalue weighted by Crippen LogP contribution is -2.42. The molecule has 1 aromatic heterocycles. The molecule has 27 heavy (non-hydrogen) atoms. The van der Waals surface area contributed by atoms with E-state index in [-0.39, 0.29) is 17.5 Å². The molecule has 3 aromatic rings. The SMILES string of the molecule is COc1cccc2c1OCC(NC(=O)c1ccc3c(=O)n(C)cnc3c1)C2. The normalized spacial score (nSPS) is 15.7. The number of methoxy groups -OCH3 is 1. The van der Waals surface area contributed by atoms with Crippen molar-refractivity contribution < 1.29 is 14.3 Å². The standard InChI is InChI=1S/C20H19N3O4/c1-23-11-21-16-9-13(6-7-15(16)20(23)25)19(24)22-14-8-12-4-3-5-17(26-2)18(12)27-10-14/h3-7,9,11,14H,8,10H2,1-2H3,(H,22,24). The van der Waals surface area contributed by atoms with E-state index >= 15 is 0 Å². The first kappa shape index (κ1) is 17.1. The van der Waals surface area contributed by atoms with Gasteiger partial charge in [0.25, 0.3) is 11.5 Å². The van der Waals surface area contributed by atoms with Gasteiger partial charge in [0, 0.05) is 18.2 Å². The van der Waals surface area contributed by atoms with Gasteiger partial charge in [-0.05, 0) is 30.7 Å². The molecule has 4 rings (SSSR count). The fourth-order valence-corrected chi connectivity index (χ4v) is 3.27. The Balaban J connectivity index is 1.53. The summed E-state index contributed by atoms with van der Waals surface area (Å²) >= 11 is 0. The van der Waals surface area contributed by atoms with Crippen molar-refractivity contribution >= 4 is 16.8 Å². The van der Waals surface area contributed by atoms with Crippen LogP contribution in [0, 0.1) is 0 Å². The minimum Gasteiger partial charge on any atom is -0.493 e. The first-order chi connectivity index (χ1) is 13.1. The van der Waals surface area contributed by atoms with Crippen LogP contribution in [-0.4, -0.2) is 35.2 Å². The number of carbonyl (C=O) groups excluding carboxylic acids is 1. The molecule has 138 valence electrons. The molecule has 1 aliphatic rings. The predicted octanol–water partition coefficient (Wildman–Crippen LogP) is 1.68. The summed E-state index contributed by atoms with van der Waals surface area (Å²) in [5.74, 6) is 1.20. The molecule has 0 bridgehead atoms. The topological polar surface area (TPSA) is 82.5 Å². The first-order valence-corrected chi connectivity index (χ1v) is 8.62. The summed E-state index contributed by atoms with van der Waals surface area (Å²) in [6.07, 6.45) is 2.11. The largest absolute Gasteiger partial charge is 0.493 e. The molecule has 7 heteroatoms. The average Bonchev–Trinajstić information content (AvgIpc) is 2.69. The number of benzene rings is 2. The van der Waals surface area contributed by atoms with E-state index in [1.165, 1.54) is 10.9 Å². The van der Waals surface area contributed by atoms with Crippen LogP contribution in [0.25, 0.3) is 10.9 Å². The third-order valence-corrected chi connectivity index (χ3v) is 4.69. The number of nitrogens with one attached hydrogen (secondary N) is 1. The maximum absolute atomic E-state index is 12.6. The van der Waals surface area contributed by atoms with Crippen LogP contribution in [0.15, 0.2) is 47.5 Å². The minimum absolute atomic E-state index is 0.141. The van der Waals surface area contributed by atoms with Gasteiger partial charge in [0.15, 0.2) is 11.5 Å². The summed E-state index contributed by atoms with van der Waals surface area (Å²) in [5, 5.41) is 3.47. The van der Waals surface area contributed by atoms with Gasteiger partial charge in [-0.15, -0.1) is 0 Å². The van der Waals surface area contributed by atoms with E-state index < -0.39 is 0 Å². The molecular formula is C20H19N3O4. The van der Waals surface area contributed by atoms with Gasteiger partial charge in [-0.3, -0.25) is 9.59 Å². The van der Waals surface area contributed by atoms with Crippen LogP contribution in [0.2, 0.25) is 0 Å². The highest BCUT2D eigenvalue weighted by Crippen LogP contribution is 2.34. The number of ether oxygens (including phenoxy) is 2. The van der Waals surface area contributed by atoms with Crippen LogP contribution in [0.1, 0.15) is 15.9 Å². The molecule has 1 atom stereocenters. The van der Waals surface area contributed by atoms with Gasteiger partial charge in [-0.1, -0.05) is 12.1 Å². The molecule has 0 saturated carbocycles. The van der Waals surface area contributed by atoms with Crippen molar-refractivity contribution in [1.29, 1.82) is 0 Å². The predicted molar refractivity (Wildman–Crippen MR) is 100 cm³/mol. The second-order valence-electron chi connectivity index (χ2n) is 6.53. The molecule has 7 nitrogen and oxygen atoms in total. The Bertz CT molecular complexity index is 1090. The molecule has 1 aliphatic heterocycles. The van der Waals surface area contributed by atoms with Crippen molar-refractivity contribution in [2.24, 2.45) is 7.05 Å². The number of fused-ring (bicyclic) bond motifs is 2. The summed E-state index contributed by atoms with van der Waals surface area (Å²) in [4.78, 5) is 29.0. The van der Waals surface area contributed by atoms with Crippen molar-refractivity contribution in [3.63, 3.8) is 0 Å². The van der Waals surface area contributed by atoms with Crippen molar-refractivity contribution in [2.75, 3.05) is 13.7 Å². The molecule has 1 amide bonds. The quantitative estimate of drug-likeness (QED) is 0.764. The molecule has 0 fully saturated rings. The second-order valence-corrected chi connectivity index (χ2v) is 6.53. The zero-order chi connectivity index (χ0) is 19.0. The zero-order valence-corrected chi connectivity index (χ0v) is 15.1. The van der Waals surface area contributed by atoms with Crippen molar-refractivity contribution in [3.8, 4) is 11.5 Å². The van der Waals surface area contributed by atoms with Gasteiger partial charge in [0.05, 0.1) is 30.4 Å². The van der Waals surface area contributed by atoms with Crippen molar-refractivity contribution in [3.05, 3.63) is 64.2 Å². The summed E-state index contributed by atoms with van der Waals surface area (Å²) in [7, 11) is 3.25. The summed E-state index contributed by atoms with van der Waals surface area (Å²) in [6.45, 7) is 0.367. The van der Waals surface area contributed by atoms with Gasteiger partial charge in [0.2, 0.25) is 0 Å². The lowest BCUT2D eigenvalue weighted by molar-refractivity contribution is 0.0914. The fraction of sp³-hybridized carbons (Fsp3) is 0.250. The first-order valence-electron chi connectivity index (χ1n) is 8.62. The van der Waals surface area contributed by atoms with Gasteiger partial charge in [-0.2, -0.15) is 0 Å². The van der Waals surface area contributed by atoms with E-state index in [0.717, 1.165) is 11.3 Å². The smallest absolute Gasteiger partial charge is 0.260 e. The monoisotopic (exact) mass is 365 g/mol. The van der Waals surface area contributed by atoms with Gasteiger partial charge < -0.3 is 19.4 Å². The third kappa shape index (κ3) is 3.12. The van der Waals surface area contributed by atoms with E-state index in [0.29, 0.717) is 35.2 Å². The Labute approximate surface area is 155 Å². The zero-order valence-electron chi connectivity index (χ0n) is 15.1. The van der Waals surface area contributed by atoms with Crippen LogP contribution in [0.4, 0.5) is 0 Å². The van der Waals surface area contributed by atoms with E-state index in [4.69, 9.17) is 9.47 Å². The maximum Gasteiger partial charge on any atom is 0.260 e. The molecule has 0 radical (unpaired) electrons. The highest BCUT2D eigenvalue weighted by Gasteiger charge is 2.24. The Hall–Kier alpha value is -3.35. The second kappa shape index (κ2) is 6.75. The highest BCUT2D eigenvalue weighted by atomic mass is 16.5. The molecule has 0 aliphatic carbocycles. The number of hydrogen-bond acceptors (Lipinski definition) is 5. The number of rotatable bonds is 3. The summed E-state index contributed by atoms with van der Waals surface area (Å²) < 4.78 is 12.5. The molecule has 1 N–H and O–H groups in total. The highest BCUT2D eigenvalue weighted by molar-refractivity contribution is 5.97. The molecule has 1 unspecified atom stereocenters. The van der Waals surface area contributed by atoms with E-state index in [2.05, 4.69) is 10.3 Å². The molecular weight excluding hydrogens is 346 g/mol. The third-order valence-electron chi connectivity index (χ3n) is 4.69. The summed E-state index contributed by atoms with van der Waals surface area (Å²) in [6, 6.07) is 10.5. The number of hydrogen-bond donors (Lipinski definition) is 1. The number of nitrogens with zero attached hydrogens (tertiary/aromatic N) is 2. The maximum atomic E-state index is 12.6. The van der Waals surface area contributed by atoms with Crippen LogP contribution >= 0.6 is 0 Å². The van der Waals surface area contributed by atoms with E-state index in [1.807, 2.05) is 18.2 Å². The lowest BCUT2D eigenvalue weighted by Gasteiger charge is -2.27. The average molecular weight is 365 g/mol. The van der Waals surface area contributed by atoms with Crippen molar-refractivity contribution in [2.45, 2.75) is 12.5 Å². The Morgan fingerprint density at radius 2 is 2.19 bits per heavy atom. The lowest BCUT2D eigenvalue weighted by atomic mass is 10.0. The van der Waals surface area contributed by atoms with Crippen molar-refractivity contribution in [1.82, 2.24) is 14.9 Å². The van der Waals surface area contributed by atoms with Crippen LogP contribution in [0.3, 0.4) is 0 Å². The molecule has 2 heterocycles. The Morgan fingerprint density at radius 1 is 1.33 bits per heavy atom. The number of aryl methyl sites for hydroxylation is 1.